The Morgan fingerprint density at radius 2 is 1.68 bits per heavy atom. The second-order valence-electron chi connectivity index (χ2n) is 7.09. The first-order valence-electron chi connectivity index (χ1n) is 8.94. The molecule has 1 aliphatic carbocycles. The highest BCUT2D eigenvalue weighted by Gasteiger charge is 2.37. The van der Waals surface area contributed by atoms with E-state index in [9.17, 15) is 0 Å². The van der Waals surface area contributed by atoms with Gasteiger partial charge in [0, 0.05) is 45.3 Å². The van der Waals surface area contributed by atoms with Gasteiger partial charge in [0.05, 0.1) is 0 Å². The van der Waals surface area contributed by atoms with Crippen molar-refractivity contribution in [3.05, 3.63) is 17.4 Å². The van der Waals surface area contributed by atoms with Gasteiger partial charge >= 0.3 is 0 Å². The summed E-state index contributed by atoms with van der Waals surface area (Å²) in [7, 11) is 4.05. The van der Waals surface area contributed by atoms with E-state index in [0.717, 1.165) is 47.7 Å². The lowest BCUT2D eigenvalue weighted by Gasteiger charge is -2.39. The summed E-state index contributed by atoms with van der Waals surface area (Å²) in [5, 5.41) is 10.6. The fourth-order valence-corrected chi connectivity index (χ4v) is 4.24. The molecule has 2 aromatic rings. The van der Waals surface area contributed by atoms with Gasteiger partial charge < -0.3 is 14.7 Å². The fraction of sp³-hybridized carbons (Fsp3) is 0.647. The van der Waals surface area contributed by atoms with E-state index in [-0.39, 0.29) is 0 Å². The predicted molar refractivity (Wildman–Crippen MR) is 102 cm³/mol. The molecule has 0 spiro atoms. The molecule has 8 heteroatoms. The first-order valence-corrected chi connectivity index (χ1v) is 9.76. The van der Waals surface area contributed by atoms with Crippen LogP contribution in [0.25, 0.3) is 0 Å². The van der Waals surface area contributed by atoms with Crippen molar-refractivity contribution < 1.29 is 0 Å². The van der Waals surface area contributed by atoms with Gasteiger partial charge in [0.1, 0.15) is 23.0 Å². The maximum absolute atomic E-state index is 4.59. The van der Waals surface area contributed by atoms with Crippen molar-refractivity contribution in [2.45, 2.75) is 44.7 Å². The number of anilines is 3. The Balaban J connectivity index is 1.48. The highest BCUT2D eigenvalue weighted by molar-refractivity contribution is 7.15. The molecule has 2 aromatic heterocycles. The van der Waals surface area contributed by atoms with Crippen LogP contribution in [0.5, 0.6) is 0 Å². The number of hydrogen-bond donors (Lipinski definition) is 0. The molecule has 7 nitrogen and oxygen atoms in total. The average Bonchev–Trinajstić information content (AvgIpc) is 3.36. The third-order valence-electron chi connectivity index (χ3n) is 4.94. The van der Waals surface area contributed by atoms with Crippen molar-refractivity contribution in [2.75, 3.05) is 41.9 Å². The molecule has 0 unspecified atom stereocenters. The molecular formula is C17H25N7S. The van der Waals surface area contributed by atoms with Crippen LogP contribution in [0.2, 0.25) is 0 Å². The maximum Gasteiger partial charge on any atom is 0.208 e. The van der Waals surface area contributed by atoms with Crippen LogP contribution in [-0.4, -0.2) is 59.4 Å². The standard InChI is InChI=1S/C17H25N7S/c1-12-20-21-17(25-12)23-8-6-14(7-9-23)24(13-4-5-13)16-10-15(22(2)3)18-11-19-16/h10-11,13-14H,4-9H2,1-3H3. The summed E-state index contributed by atoms with van der Waals surface area (Å²) in [6.45, 7) is 4.09. The summed E-state index contributed by atoms with van der Waals surface area (Å²) in [5.41, 5.74) is 0. The number of hydrogen-bond acceptors (Lipinski definition) is 8. The van der Waals surface area contributed by atoms with Gasteiger partial charge in [-0.1, -0.05) is 11.3 Å². The van der Waals surface area contributed by atoms with Gasteiger partial charge in [-0.15, -0.1) is 10.2 Å². The van der Waals surface area contributed by atoms with Gasteiger partial charge in [-0.05, 0) is 32.6 Å². The zero-order valence-corrected chi connectivity index (χ0v) is 15.9. The third-order valence-corrected chi connectivity index (χ3v) is 5.84. The van der Waals surface area contributed by atoms with Crippen LogP contribution in [0.1, 0.15) is 30.7 Å². The van der Waals surface area contributed by atoms with Gasteiger partial charge in [-0.3, -0.25) is 0 Å². The normalized spacial score (nSPS) is 18.4. The third kappa shape index (κ3) is 3.53. The number of nitrogens with zero attached hydrogens (tertiary/aromatic N) is 7. The topological polar surface area (TPSA) is 61.3 Å². The number of piperidine rings is 1. The van der Waals surface area contributed by atoms with E-state index in [1.54, 1.807) is 17.7 Å². The Bertz CT molecular complexity index is 719. The second-order valence-corrected chi connectivity index (χ2v) is 8.25. The molecule has 1 saturated heterocycles. The second kappa shape index (κ2) is 6.74. The van der Waals surface area contributed by atoms with Crippen LogP contribution in [0, 0.1) is 6.92 Å². The van der Waals surface area contributed by atoms with Gasteiger partial charge in [0.2, 0.25) is 5.13 Å². The molecule has 0 aromatic carbocycles. The highest BCUT2D eigenvalue weighted by atomic mass is 32.1. The molecule has 0 N–H and O–H groups in total. The minimum Gasteiger partial charge on any atom is -0.363 e. The van der Waals surface area contributed by atoms with Crippen LogP contribution in [-0.2, 0) is 0 Å². The van der Waals surface area contributed by atoms with E-state index in [2.05, 4.69) is 36.0 Å². The molecule has 1 aliphatic heterocycles. The first-order chi connectivity index (χ1) is 12.1. The van der Waals surface area contributed by atoms with Crippen molar-refractivity contribution in [1.82, 2.24) is 20.2 Å². The summed E-state index contributed by atoms with van der Waals surface area (Å²) in [6, 6.07) is 3.31. The monoisotopic (exact) mass is 359 g/mol. The molecular weight excluding hydrogens is 334 g/mol. The van der Waals surface area contributed by atoms with E-state index < -0.39 is 0 Å². The molecule has 2 fully saturated rings. The summed E-state index contributed by atoms with van der Waals surface area (Å²) in [5.74, 6) is 2.05. The quantitative estimate of drug-likeness (QED) is 0.812. The Kier molecular flexibility index (Phi) is 4.45. The Morgan fingerprint density at radius 3 is 2.28 bits per heavy atom. The maximum atomic E-state index is 4.59. The minimum atomic E-state index is 0.544. The minimum absolute atomic E-state index is 0.544. The Labute approximate surface area is 152 Å². The largest absolute Gasteiger partial charge is 0.363 e. The molecule has 4 rings (SSSR count). The Hall–Kier alpha value is -1.96. The molecule has 2 aliphatic rings. The summed E-state index contributed by atoms with van der Waals surface area (Å²) in [4.78, 5) is 15.9. The molecule has 134 valence electrons. The van der Waals surface area contributed by atoms with E-state index in [4.69, 9.17) is 0 Å². The zero-order valence-electron chi connectivity index (χ0n) is 15.1. The van der Waals surface area contributed by atoms with E-state index in [1.807, 2.05) is 25.9 Å². The lowest BCUT2D eigenvalue weighted by Crippen LogP contribution is -2.46. The molecule has 0 radical (unpaired) electrons. The van der Waals surface area contributed by atoms with Crippen molar-refractivity contribution in [1.29, 1.82) is 0 Å². The van der Waals surface area contributed by atoms with E-state index in [1.165, 1.54) is 12.8 Å². The van der Waals surface area contributed by atoms with Gasteiger partial charge in [-0.25, -0.2) is 9.97 Å². The summed E-state index contributed by atoms with van der Waals surface area (Å²) < 4.78 is 0. The van der Waals surface area contributed by atoms with Crippen molar-refractivity contribution in [3.8, 4) is 0 Å². The van der Waals surface area contributed by atoms with Gasteiger partial charge in [-0.2, -0.15) is 0 Å². The lowest BCUT2D eigenvalue weighted by molar-refractivity contribution is 0.458. The van der Waals surface area contributed by atoms with Crippen LogP contribution in [0.3, 0.4) is 0 Å². The van der Waals surface area contributed by atoms with Crippen LogP contribution >= 0.6 is 11.3 Å². The van der Waals surface area contributed by atoms with E-state index in [0.29, 0.717) is 12.1 Å². The first kappa shape index (κ1) is 16.5. The van der Waals surface area contributed by atoms with Gasteiger partial charge in [0.25, 0.3) is 0 Å². The summed E-state index contributed by atoms with van der Waals surface area (Å²) in [6.07, 6.45) is 6.51. The lowest BCUT2D eigenvalue weighted by atomic mass is 10.0. The van der Waals surface area contributed by atoms with E-state index >= 15 is 0 Å². The summed E-state index contributed by atoms with van der Waals surface area (Å²) >= 11 is 1.69. The average molecular weight is 360 g/mol. The van der Waals surface area contributed by atoms with Gasteiger partial charge in [0.15, 0.2) is 0 Å². The predicted octanol–water partition coefficient (Wildman–Crippen LogP) is 2.34. The van der Waals surface area contributed by atoms with Crippen LogP contribution in [0.15, 0.2) is 12.4 Å². The molecule has 0 atom stereocenters. The van der Waals surface area contributed by atoms with Crippen molar-refractivity contribution in [3.63, 3.8) is 0 Å². The SMILES string of the molecule is Cc1nnc(N2CCC(N(c3cc(N(C)C)ncn3)C3CC3)CC2)s1. The zero-order chi connectivity index (χ0) is 17.4. The number of aryl methyl sites for hydroxylation is 1. The van der Waals surface area contributed by atoms with Crippen molar-refractivity contribution in [2.24, 2.45) is 0 Å². The Morgan fingerprint density at radius 1 is 1.00 bits per heavy atom. The highest BCUT2D eigenvalue weighted by Crippen LogP contribution is 2.36. The molecule has 25 heavy (non-hydrogen) atoms. The number of aromatic nitrogens is 4. The molecule has 0 bridgehead atoms. The van der Waals surface area contributed by atoms with Crippen LogP contribution < -0.4 is 14.7 Å². The number of rotatable bonds is 5. The molecule has 3 heterocycles. The molecule has 0 amide bonds. The smallest absolute Gasteiger partial charge is 0.208 e. The van der Waals surface area contributed by atoms with Crippen molar-refractivity contribution >= 4 is 28.1 Å². The molecule has 1 saturated carbocycles. The fourth-order valence-electron chi connectivity index (χ4n) is 3.50. The van der Waals surface area contributed by atoms with Crippen LogP contribution in [0.4, 0.5) is 16.8 Å².